The molecule has 0 aromatic heterocycles. The van der Waals surface area contributed by atoms with Gasteiger partial charge in [-0.15, -0.1) is 0 Å². The van der Waals surface area contributed by atoms with E-state index in [1.807, 2.05) is 0 Å². The lowest BCUT2D eigenvalue weighted by Crippen LogP contribution is -2.31. The summed E-state index contributed by atoms with van der Waals surface area (Å²) >= 11 is 0.988. The summed E-state index contributed by atoms with van der Waals surface area (Å²) in [5, 5.41) is 15.3. The van der Waals surface area contributed by atoms with E-state index in [1.54, 1.807) is 0 Å². The molecule has 0 spiro atoms. The van der Waals surface area contributed by atoms with Crippen LogP contribution < -0.4 is 14.8 Å². The van der Waals surface area contributed by atoms with Gasteiger partial charge in [0.25, 0.3) is 11.8 Å². The van der Waals surface area contributed by atoms with Crippen LogP contribution in [0.15, 0.2) is 59.7 Å². The number of rotatable bonds is 10. The topological polar surface area (TPSA) is 118 Å². The third-order valence-corrected chi connectivity index (χ3v) is 6.88. The fraction of sp³-hybridized carbons (Fsp3) is 0.185. The normalized spacial score (nSPS) is 14.4. The van der Waals surface area contributed by atoms with Gasteiger partial charge in [0.05, 0.1) is 13.5 Å². The summed E-state index contributed by atoms with van der Waals surface area (Å²) in [5.74, 6) is -7.36. The number of carbonyl (C=O) groups excluding carboxylic acids is 2. The zero-order valence-corrected chi connectivity index (χ0v) is 22.0. The van der Waals surface area contributed by atoms with Crippen LogP contribution >= 0.6 is 11.8 Å². The summed E-state index contributed by atoms with van der Waals surface area (Å²) in [6, 6.07) is 10.4. The number of hydrazone groups is 1. The number of carboxylic acids is 1. The molecule has 1 atom stereocenters. The highest BCUT2D eigenvalue weighted by molar-refractivity contribution is 8.14. The van der Waals surface area contributed by atoms with Crippen LogP contribution in [-0.2, 0) is 9.59 Å². The summed E-state index contributed by atoms with van der Waals surface area (Å²) in [7, 11) is 1.30. The number of nitrogens with one attached hydrogen (secondary N) is 1. The quantitative estimate of drug-likeness (QED) is 0.334. The molecule has 0 saturated heterocycles. The average molecular weight is 592 g/mol. The van der Waals surface area contributed by atoms with Gasteiger partial charge in [-0.25, -0.2) is 22.6 Å². The smallest absolute Gasteiger partial charge is 0.305 e. The number of thioether (sulfide) groups is 1. The van der Waals surface area contributed by atoms with Gasteiger partial charge in [-0.05, 0) is 30.3 Å². The molecule has 0 saturated carbocycles. The molecule has 214 valence electrons. The summed E-state index contributed by atoms with van der Waals surface area (Å²) < 4.78 is 67.3. The maximum Gasteiger partial charge on any atom is 0.305 e. The number of nitrogens with zero attached hydrogens (tertiary/aromatic N) is 2. The Kier molecular flexibility index (Phi) is 9.12. The highest BCUT2D eigenvalue weighted by Crippen LogP contribution is 2.47. The minimum absolute atomic E-state index is 0.0664. The highest BCUT2D eigenvalue weighted by Gasteiger charge is 2.39. The van der Waals surface area contributed by atoms with E-state index in [1.165, 1.54) is 49.6 Å². The number of carboxylic acid groups (broad SMARTS) is 1. The number of para-hydroxylation sites is 1. The first-order valence-corrected chi connectivity index (χ1v) is 12.7. The average Bonchev–Trinajstić information content (AvgIpc) is 3.36. The van der Waals surface area contributed by atoms with Gasteiger partial charge in [-0.2, -0.15) is 5.10 Å². The first-order chi connectivity index (χ1) is 19.6. The molecule has 0 aliphatic carbocycles. The van der Waals surface area contributed by atoms with E-state index in [4.69, 9.17) is 14.6 Å². The van der Waals surface area contributed by atoms with E-state index in [2.05, 4.69) is 10.4 Å². The van der Waals surface area contributed by atoms with Crippen molar-refractivity contribution in [1.82, 2.24) is 10.3 Å². The van der Waals surface area contributed by atoms with Crippen LogP contribution in [0.25, 0.3) is 0 Å². The largest absolute Gasteiger partial charge is 0.492 e. The van der Waals surface area contributed by atoms with E-state index in [0.717, 1.165) is 16.8 Å². The predicted octanol–water partition coefficient (Wildman–Crippen LogP) is 4.47. The Morgan fingerprint density at radius 2 is 1.71 bits per heavy atom. The van der Waals surface area contributed by atoms with Crippen molar-refractivity contribution in [3.8, 4) is 11.5 Å². The number of hydrogen-bond acceptors (Lipinski definition) is 7. The molecule has 4 rings (SSSR count). The molecule has 0 fully saturated rings. The number of amides is 2. The number of aliphatic carboxylic acids is 1. The van der Waals surface area contributed by atoms with Gasteiger partial charge in [-0.3, -0.25) is 14.4 Å². The molecule has 1 heterocycles. The molecule has 2 amide bonds. The lowest BCUT2D eigenvalue weighted by molar-refractivity contribution is -0.137. The zero-order chi connectivity index (χ0) is 29.7. The number of carbonyl (C=O) groups is 3. The van der Waals surface area contributed by atoms with E-state index < -0.39 is 58.6 Å². The van der Waals surface area contributed by atoms with E-state index in [0.29, 0.717) is 17.7 Å². The van der Waals surface area contributed by atoms with Crippen LogP contribution in [0.2, 0.25) is 0 Å². The van der Waals surface area contributed by atoms with Crippen LogP contribution in [0, 0.1) is 23.3 Å². The van der Waals surface area contributed by atoms with Crippen LogP contribution in [0.4, 0.5) is 17.6 Å². The summed E-state index contributed by atoms with van der Waals surface area (Å²) in [4.78, 5) is 36.2. The van der Waals surface area contributed by atoms with Crippen LogP contribution in [0.3, 0.4) is 0 Å². The minimum atomic E-state index is -1.43. The standard InChI is InChI=1S/C27H21F4N3O6S/c1-39-24-17(3-2-4-20(24)40-13-21(35)32-10-9-22(36)37)27-34(26(38)23-18(30)11-16(29)12-19(23)31)33-25(41-27)14-5-7-15(28)8-6-14/h2-8,11-12,27H,9-10,13H2,1H3,(H,32,35)(H,36,37). The van der Waals surface area contributed by atoms with Gasteiger partial charge in [0, 0.05) is 29.8 Å². The molecular weight excluding hydrogens is 570 g/mol. The van der Waals surface area contributed by atoms with Crippen molar-refractivity contribution in [2.45, 2.75) is 11.8 Å². The van der Waals surface area contributed by atoms with Crippen molar-refractivity contribution < 1.29 is 46.5 Å². The van der Waals surface area contributed by atoms with Gasteiger partial charge in [0.1, 0.15) is 39.2 Å². The van der Waals surface area contributed by atoms with Crippen LogP contribution in [-0.4, -0.2) is 53.2 Å². The molecule has 3 aromatic rings. The van der Waals surface area contributed by atoms with Crippen molar-refractivity contribution in [3.05, 3.63) is 94.6 Å². The molecule has 1 aliphatic heterocycles. The maximum absolute atomic E-state index is 14.6. The highest BCUT2D eigenvalue weighted by atomic mass is 32.2. The second-order valence-corrected chi connectivity index (χ2v) is 9.51. The summed E-state index contributed by atoms with van der Waals surface area (Å²) in [6.45, 7) is -0.603. The molecule has 14 heteroatoms. The third kappa shape index (κ3) is 6.77. The van der Waals surface area contributed by atoms with Crippen LogP contribution in [0.1, 0.15) is 33.3 Å². The summed E-state index contributed by atoms with van der Waals surface area (Å²) in [6.07, 6.45) is -0.279. The number of halogens is 4. The number of ether oxygens (including phenoxy) is 2. The molecule has 9 nitrogen and oxygen atoms in total. The monoisotopic (exact) mass is 591 g/mol. The van der Waals surface area contributed by atoms with Crippen LogP contribution in [0.5, 0.6) is 11.5 Å². The Morgan fingerprint density at radius 1 is 1.02 bits per heavy atom. The fourth-order valence-electron chi connectivity index (χ4n) is 3.82. The maximum atomic E-state index is 14.6. The molecule has 3 aromatic carbocycles. The SMILES string of the molecule is COc1c(OCC(=O)NCCC(=O)O)cccc1C1SC(c2ccc(F)cc2)=NN1C(=O)c1c(F)cc(F)cc1F. The zero-order valence-electron chi connectivity index (χ0n) is 21.2. The van der Waals surface area contributed by atoms with E-state index in [9.17, 15) is 31.9 Å². The van der Waals surface area contributed by atoms with Crippen molar-refractivity contribution in [1.29, 1.82) is 0 Å². The number of benzene rings is 3. The summed E-state index contributed by atoms with van der Waals surface area (Å²) in [5.41, 5.74) is -0.370. The van der Waals surface area contributed by atoms with Crippen molar-refractivity contribution >= 4 is 34.6 Å². The van der Waals surface area contributed by atoms with E-state index in [-0.39, 0.29) is 35.1 Å². The van der Waals surface area contributed by atoms with Gasteiger partial charge in [0.15, 0.2) is 18.1 Å². The van der Waals surface area contributed by atoms with Gasteiger partial charge in [-0.1, -0.05) is 23.9 Å². The minimum Gasteiger partial charge on any atom is -0.492 e. The Hall–Kier alpha value is -4.59. The molecule has 1 unspecified atom stereocenters. The predicted molar refractivity (Wildman–Crippen MR) is 140 cm³/mol. The van der Waals surface area contributed by atoms with Crippen molar-refractivity contribution in [3.63, 3.8) is 0 Å². The molecule has 0 radical (unpaired) electrons. The van der Waals surface area contributed by atoms with Crippen molar-refractivity contribution in [2.24, 2.45) is 5.10 Å². The number of methoxy groups -OCH3 is 1. The fourth-order valence-corrected chi connectivity index (χ4v) is 4.99. The number of hydrogen-bond donors (Lipinski definition) is 2. The molecule has 41 heavy (non-hydrogen) atoms. The first kappa shape index (κ1) is 29.4. The molecule has 1 aliphatic rings. The second kappa shape index (κ2) is 12.7. The van der Waals surface area contributed by atoms with E-state index >= 15 is 0 Å². The molecule has 2 N–H and O–H groups in total. The Bertz CT molecular complexity index is 1500. The Labute approximate surface area is 234 Å². The lowest BCUT2D eigenvalue weighted by Gasteiger charge is -2.24. The second-order valence-electron chi connectivity index (χ2n) is 8.44. The first-order valence-electron chi connectivity index (χ1n) is 11.9. The molecule has 0 bridgehead atoms. The Balaban J connectivity index is 1.68. The van der Waals surface area contributed by atoms with Crippen molar-refractivity contribution in [2.75, 3.05) is 20.3 Å². The molecular formula is C27H21F4N3O6S. The van der Waals surface area contributed by atoms with Gasteiger partial charge < -0.3 is 19.9 Å². The van der Waals surface area contributed by atoms with Gasteiger partial charge in [0.2, 0.25) is 0 Å². The van der Waals surface area contributed by atoms with Gasteiger partial charge >= 0.3 is 5.97 Å². The lowest BCUT2D eigenvalue weighted by atomic mass is 10.1. The Morgan fingerprint density at radius 3 is 2.34 bits per heavy atom. The third-order valence-electron chi connectivity index (χ3n) is 5.66.